The van der Waals surface area contributed by atoms with E-state index in [1.54, 1.807) is 0 Å². The number of hydrogen-bond acceptors (Lipinski definition) is 4. The number of hydrogen-bond donors (Lipinski definition) is 2. The molecular weight excluding hydrogens is 264 g/mol. The van der Waals surface area contributed by atoms with E-state index in [1.807, 2.05) is 18.2 Å². The summed E-state index contributed by atoms with van der Waals surface area (Å²) in [4.78, 5) is 4.57. The Morgan fingerprint density at radius 1 is 1.26 bits per heavy atom. The van der Waals surface area contributed by atoms with Gasteiger partial charge >= 0.3 is 0 Å². The molecule has 1 aromatic carbocycles. The van der Waals surface area contributed by atoms with Gasteiger partial charge < -0.3 is 10.9 Å². The molecule has 1 aliphatic heterocycles. The number of halogens is 1. The molecule has 0 aromatic heterocycles. The van der Waals surface area contributed by atoms with Gasteiger partial charge in [-0.15, -0.1) is 0 Å². The highest BCUT2D eigenvalue weighted by Gasteiger charge is 2.17. The SMILES string of the molecule is NC(CN1CCN(Cc2cccc(Cl)c2)CC1)=NO. The molecular formula is C13H19ClN4O. The average Bonchev–Trinajstić information content (AvgIpc) is 2.41. The fourth-order valence-corrected chi connectivity index (χ4v) is 2.47. The van der Waals surface area contributed by atoms with E-state index in [1.165, 1.54) is 5.56 Å². The third kappa shape index (κ3) is 4.38. The van der Waals surface area contributed by atoms with Gasteiger partial charge in [-0.1, -0.05) is 28.9 Å². The fraction of sp³-hybridized carbons (Fsp3) is 0.462. The second-order valence-corrected chi connectivity index (χ2v) is 5.21. The van der Waals surface area contributed by atoms with Crippen LogP contribution < -0.4 is 5.73 Å². The topological polar surface area (TPSA) is 65.1 Å². The second kappa shape index (κ2) is 6.75. The summed E-state index contributed by atoms with van der Waals surface area (Å²) in [7, 11) is 0. The van der Waals surface area contributed by atoms with Crippen LogP contribution in [0.25, 0.3) is 0 Å². The van der Waals surface area contributed by atoms with Crippen LogP contribution in [-0.4, -0.2) is 53.6 Å². The van der Waals surface area contributed by atoms with Crippen molar-refractivity contribution in [3.05, 3.63) is 34.9 Å². The lowest BCUT2D eigenvalue weighted by molar-refractivity contribution is 0.139. The van der Waals surface area contributed by atoms with Crippen LogP contribution in [0, 0.1) is 0 Å². The maximum atomic E-state index is 8.55. The van der Waals surface area contributed by atoms with Crippen molar-refractivity contribution >= 4 is 17.4 Å². The molecule has 1 saturated heterocycles. The number of piperazine rings is 1. The van der Waals surface area contributed by atoms with E-state index in [4.69, 9.17) is 22.5 Å². The number of benzene rings is 1. The van der Waals surface area contributed by atoms with Gasteiger partial charge in [0.25, 0.3) is 0 Å². The van der Waals surface area contributed by atoms with E-state index >= 15 is 0 Å². The lowest BCUT2D eigenvalue weighted by atomic mass is 10.2. The van der Waals surface area contributed by atoms with Gasteiger partial charge in [0.15, 0.2) is 5.84 Å². The molecule has 1 aromatic rings. The van der Waals surface area contributed by atoms with Crippen LogP contribution in [-0.2, 0) is 6.54 Å². The quantitative estimate of drug-likeness (QED) is 0.377. The summed E-state index contributed by atoms with van der Waals surface area (Å²) in [5.41, 5.74) is 6.74. The van der Waals surface area contributed by atoms with Gasteiger partial charge in [0, 0.05) is 37.7 Å². The van der Waals surface area contributed by atoms with Gasteiger partial charge in [-0.05, 0) is 17.7 Å². The largest absolute Gasteiger partial charge is 0.409 e. The first kappa shape index (κ1) is 14.1. The Morgan fingerprint density at radius 2 is 1.95 bits per heavy atom. The molecule has 0 atom stereocenters. The maximum Gasteiger partial charge on any atom is 0.153 e. The van der Waals surface area contributed by atoms with Gasteiger partial charge in [-0.3, -0.25) is 9.80 Å². The summed E-state index contributed by atoms with van der Waals surface area (Å²) in [6, 6.07) is 7.96. The summed E-state index contributed by atoms with van der Waals surface area (Å²) in [5.74, 6) is 0.267. The highest BCUT2D eigenvalue weighted by molar-refractivity contribution is 6.30. The monoisotopic (exact) mass is 282 g/mol. The molecule has 2 rings (SSSR count). The third-order valence-corrected chi connectivity index (χ3v) is 3.51. The number of amidine groups is 1. The molecule has 0 amide bonds. The lowest BCUT2D eigenvalue weighted by Crippen LogP contribution is -2.48. The van der Waals surface area contributed by atoms with Crippen LogP contribution in [0.15, 0.2) is 29.4 Å². The van der Waals surface area contributed by atoms with Crippen LogP contribution in [0.3, 0.4) is 0 Å². The number of nitrogens with zero attached hydrogens (tertiary/aromatic N) is 3. The molecule has 1 heterocycles. The maximum absolute atomic E-state index is 8.55. The molecule has 19 heavy (non-hydrogen) atoms. The van der Waals surface area contributed by atoms with Gasteiger partial charge in [0.1, 0.15) is 0 Å². The van der Waals surface area contributed by atoms with E-state index in [0.29, 0.717) is 6.54 Å². The van der Waals surface area contributed by atoms with Crippen LogP contribution >= 0.6 is 11.6 Å². The van der Waals surface area contributed by atoms with E-state index in [2.05, 4.69) is 21.0 Å². The van der Waals surface area contributed by atoms with Crippen molar-refractivity contribution in [2.75, 3.05) is 32.7 Å². The van der Waals surface area contributed by atoms with E-state index in [-0.39, 0.29) is 5.84 Å². The zero-order valence-electron chi connectivity index (χ0n) is 10.8. The van der Waals surface area contributed by atoms with Crippen molar-refractivity contribution < 1.29 is 5.21 Å². The number of rotatable bonds is 4. The Labute approximate surface area is 118 Å². The minimum Gasteiger partial charge on any atom is -0.409 e. The van der Waals surface area contributed by atoms with Gasteiger partial charge in [-0.2, -0.15) is 0 Å². The molecule has 0 unspecified atom stereocenters. The molecule has 0 radical (unpaired) electrons. The molecule has 1 aliphatic rings. The van der Waals surface area contributed by atoms with Crippen molar-refractivity contribution in [1.82, 2.24) is 9.80 Å². The summed E-state index contributed by atoms with van der Waals surface area (Å²) >= 11 is 5.98. The predicted octanol–water partition coefficient (Wildman–Crippen LogP) is 1.20. The first-order valence-electron chi connectivity index (χ1n) is 6.33. The first-order chi connectivity index (χ1) is 9.17. The highest BCUT2D eigenvalue weighted by atomic mass is 35.5. The average molecular weight is 283 g/mol. The van der Waals surface area contributed by atoms with Gasteiger partial charge in [0.2, 0.25) is 0 Å². The summed E-state index contributed by atoms with van der Waals surface area (Å²) in [6.07, 6.45) is 0. The predicted molar refractivity (Wildman–Crippen MR) is 76.6 cm³/mol. The molecule has 0 saturated carbocycles. The zero-order chi connectivity index (χ0) is 13.7. The Kier molecular flexibility index (Phi) is 5.01. The van der Waals surface area contributed by atoms with Crippen LogP contribution in [0.5, 0.6) is 0 Å². The normalized spacial score (nSPS) is 18.7. The fourth-order valence-electron chi connectivity index (χ4n) is 2.26. The van der Waals surface area contributed by atoms with Gasteiger partial charge in [0.05, 0.1) is 6.54 Å². The van der Waals surface area contributed by atoms with Crippen molar-refractivity contribution in [3.8, 4) is 0 Å². The number of nitrogens with two attached hydrogens (primary N) is 1. The minimum absolute atomic E-state index is 0.267. The molecule has 6 heteroatoms. The van der Waals surface area contributed by atoms with Crippen molar-refractivity contribution in [1.29, 1.82) is 0 Å². The van der Waals surface area contributed by atoms with Crippen LogP contribution in [0.2, 0.25) is 5.02 Å². The van der Waals surface area contributed by atoms with Crippen molar-refractivity contribution in [3.63, 3.8) is 0 Å². The third-order valence-electron chi connectivity index (χ3n) is 3.27. The zero-order valence-corrected chi connectivity index (χ0v) is 11.6. The van der Waals surface area contributed by atoms with Crippen molar-refractivity contribution in [2.24, 2.45) is 10.9 Å². The Hall–Kier alpha value is -1.30. The lowest BCUT2D eigenvalue weighted by Gasteiger charge is -2.34. The van der Waals surface area contributed by atoms with E-state index in [0.717, 1.165) is 37.7 Å². The number of oxime groups is 1. The summed E-state index contributed by atoms with van der Waals surface area (Å²) in [5, 5.41) is 12.3. The molecule has 5 nitrogen and oxygen atoms in total. The molecule has 3 N–H and O–H groups in total. The first-order valence-corrected chi connectivity index (χ1v) is 6.71. The van der Waals surface area contributed by atoms with Crippen LogP contribution in [0.4, 0.5) is 0 Å². The second-order valence-electron chi connectivity index (χ2n) is 4.77. The standard InChI is InChI=1S/C13H19ClN4O/c14-12-3-1-2-11(8-12)9-17-4-6-18(7-5-17)10-13(15)16-19/h1-3,8,19H,4-7,9-10H2,(H2,15,16). The van der Waals surface area contributed by atoms with E-state index < -0.39 is 0 Å². The van der Waals surface area contributed by atoms with Crippen LogP contribution in [0.1, 0.15) is 5.56 Å². The van der Waals surface area contributed by atoms with Crippen molar-refractivity contribution in [2.45, 2.75) is 6.54 Å². The van der Waals surface area contributed by atoms with Gasteiger partial charge in [-0.25, -0.2) is 0 Å². The summed E-state index contributed by atoms with van der Waals surface area (Å²) < 4.78 is 0. The highest BCUT2D eigenvalue weighted by Crippen LogP contribution is 2.13. The minimum atomic E-state index is 0.267. The molecule has 0 bridgehead atoms. The molecule has 104 valence electrons. The Balaban J connectivity index is 1.80. The molecule has 0 aliphatic carbocycles. The van der Waals surface area contributed by atoms with E-state index in [9.17, 15) is 0 Å². The molecule has 0 spiro atoms. The Bertz CT molecular complexity index is 444. The molecule has 1 fully saturated rings. The smallest absolute Gasteiger partial charge is 0.153 e. The summed E-state index contributed by atoms with van der Waals surface area (Å²) in [6.45, 7) is 5.25. The Morgan fingerprint density at radius 3 is 2.58 bits per heavy atom.